The van der Waals surface area contributed by atoms with Crippen LogP contribution in [0.3, 0.4) is 0 Å². The number of carbonyl (C=O) groups excluding carboxylic acids is 1. The van der Waals surface area contributed by atoms with Crippen LogP contribution in [-0.4, -0.2) is 18.5 Å². The minimum absolute atomic E-state index is 0.00343. The quantitative estimate of drug-likeness (QED) is 0.826. The highest BCUT2D eigenvalue weighted by molar-refractivity contribution is 5.78. The molecule has 0 atom stereocenters. The van der Waals surface area contributed by atoms with Crippen molar-refractivity contribution in [2.45, 2.75) is 33.4 Å². The number of nitrogens with zero attached hydrogens (tertiary/aromatic N) is 1. The van der Waals surface area contributed by atoms with Crippen molar-refractivity contribution in [3.05, 3.63) is 34.9 Å². The minimum atomic E-state index is -0.00343. The number of rotatable bonds is 5. The van der Waals surface area contributed by atoms with Crippen molar-refractivity contribution in [3.8, 4) is 6.07 Å². The van der Waals surface area contributed by atoms with Gasteiger partial charge in [0.1, 0.15) is 0 Å². The number of aryl methyl sites for hydroxylation is 1. The number of nitriles is 1. The predicted octanol–water partition coefficient (Wildman–Crippen LogP) is 1.48. The summed E-state index contributed by atoms with van der Waals surface area (Å²) in [6, 6.07) is 7.83. The minimum Gasteiger partial charge on any atom is -0.353 e. The lowest BCUT2D eigenvalue weighted by Crippen LogP contribution is -2.37. The zero-order chi connectivity index (χ0) is 13.5. The Bertz CT molecular complexity index is 461. The lowest BCUT2D eigenvalue weighted by atomic mass is 10.1. The molecular formula is C14H19N3O. The van der Waals surface area contributed by atoms with Gasteiger partial charge in [0.25, 0.3) is 0 Å². The zero-order valence-corrected chi connectivity index (χ0v) is 11.1. The van der Waals surface area contributed by atoms with Crippen LogP contribution in [0.2, 0.25) is 0 Å². The fraction of sp³-hybridized carbons (Fsp3) is 0.429. The van der Waals surface area contributed by atoms with Crippen molar-refractivity contribution in [3.63, 3.8) is 0 Å². The molecule has 0 radical (unpaired) electrons. The standard InChI is InChI=1S/C14H19N3O/c1-10(2)17-14(18)9-16-8-13-5-4-12(7-15)6-11(13)3/h4-6,10,16H,8-9H2,1-3H3,(H,17,18). The molecule has 1 aromatic rings. The van der Waals surface area contributed by atoms with E-state index in [1.807, 2.05) is 32.9 Å². The molecule has 0 aliphatic rings. The molecule has 1 aromatic carbocycles. The van der Waals surface area contributed by atoms with Crippen molar-refractivity contribution in [1.29, 1.82) is 5.26 Å². The van der Waals surface area contributed by atoms with Crippen LogP contribution in [0.5, 0.6) is 0 Å². The summed E-state index contributed by atoms with van der Waals surface area (Å²) >= 11 is 0. The fourth-order valence-electron chi connectivity index (χ4n) is 1.65. The van der Waals surface area contributed by atoms with E-state index in [0.29, 0.717) is 18.7 Å². The molecule has 2 N–H and O–H groups in total. The molecule has 0 bridgehead atoms. The van der Waals surface area contributed by atoms with Gasteiger partial charge in [0, 0.05) is 12.6 Å². The highest BCUT2D eigenvalue weighted by Gasteiger charge is 2.04. The summed E-state index contributed by atoms with van der Waals surface area (Å²) in [6.45, 7) is 6.76. The second-order valence-electron chi connectivity index (χ2n) is 4.58. The average molecular weight is 245 g/mol. The molecule has 0 saturated heterocycles. The van der Waals surface area contributed by atoms with Gasteiger partial charge in [-0.1, -0.05) is 6.07 Å². The van der Waals surface area contributed by atoms with Crippen LogP contribution in [0.25, 0.3) is 0 Å². The maximum Gasteiger partial charge on any atom is 0.234 e. The van der Waals surface area contributed by atoms with Crippen LogP contribution in [0.1, 0.15) is 30.5 Å². The Hall–Kier alpha value is -1.86. The Morgan fingerprint density at radius 1 is 1.44 bits per heavy atom. The van der Waals surface area contributed by atoms with E-state index in [1.165, 1.54) is 0 Å². The number of hydrogen-bond acceptors (Lipinski definition) is 3. The molecule has 96 valence electrons. The molecule has 4 nitrogen and oxygen atoms in total. The molecule has 0 unspecified atom stereocenters. The number of hydrogen-bond donors (Lipinski definition) is 2. The topological polar surface area (TPSA) is 64.9 Å². The summed E-state index contributed by atoms with van der Waals surface area (Å²) in [5.41, 5.74) is 2.82. The molecule has 0 aliphatic heterocycles. The monoisotopic (exact) mass is 245 g/mol. The van der Waals surface area contributed by atoms with Gasteiger partial charge in [-0.25, -0.2) is 0 Å². The molecule has 1 rings (SSSR count). The summed E-state index contributed by atoms with van der Waals surface area (Å²) in [7, 11) is 0. The van der Waals surface area contributed by atoms with Crippen LogP contribution in [-0.2, 0) is 11.3 Å². The summed E-state index contributed by atoms with van der Waals surface area (Å²) in [5, 5.41) is 14.7. The van der Waals surface area contributed by atoms with Crippen LogP contribution in [0, 0.1) is 18.3 Å². The highest BCUT2D eigenvalue weighted by Crippen LogP contribution is 2.10. The first-order valence-corrected chi connectivity index (χ1v) is 6.02. The zero-order valence-electron chi connectivity index (χ0n) is 11.1. The van der Waals surface area contributed by atoms with Crippen LogP contribution < -0.4 is 10.6 Å². The van der Waals surface area contributed by atoms with E-state index in [4.69, 9.17) is 5.26 Å². The Morgan fingerprint density at radius 3 is 2.72 bits per heavy atom. The summed E-state index contributed by atoms with van der Waals surface area (Å²) in [6.07, 6.45) is 0. The molecule has 0 fully saturated rings. The van der Waals surface area contributed by atoms with Gasteiger partial charge in [-0.2, -0.15) is 5.26 Å². The van der Waals surface area contributed by atoms with Crippen molar-refractivity contribution in [2.75, 3.05) is 6.54 Å². The van der Waals surface area contributed by atoms with E-state index in [9.17, 15) is 4.79 Å². The Morgan fingerprint density at radius 2 is 2.17 bits per heavy atom. The van der Waals surface area contributed by atoms with Gasteiger partial charge < -0.3 is 10.6 Å². The van der Waals surface area contributed by atoms with Gasteiger partial charge in [0.2, 0.25) is 5.91 Å². The van der Waals surface area contributed by atoms with Gasteiger partial charge in [-0.15, -0.1) is 0 Å². The van der Waals surface area contributed by atoms with Gasteiger partial charge in [-0.05, 0) is 44.0 Å². The second-order valence-corrected chi connectivity index (χ2v) is 4.58. The van der Waals surface area contributed by atoms with Crippen molar-refractivity contribution < 1.29 is 4.79 Å². The molecule has 0 aromatic heterocycles. The normalized spacial score (nSPS) is 10.2. The maximum absolute atomic E-state index is 11.4. The van der Waals surface area contributed by atoms with Gasteiger partial charge in [0.05, 0.1) is 18.2 Å². The number of amides is 1. The first-order valence-electron chi connectivity index (χ1n) is 6.02. The largest absolute Gasteiger partial charge is 0.353 e. The van der Waals surface area contributed by atoms with E-state index >= 15 is 0 Å². The Kier molecular flexibility index (Phi) is 5.34. The molecule has 1 amide bonds. The highest BCUT2D eigenvalue weighted by atomic mass is 16.1. The van der Waals surface area contributed by atoms with Gasteiger partial charge >= 0.3 is 0 Å². The molecule has 0 heterocycles. The van der Waals surface area contributed by atoms with Gasteiger partial charge in [0.15, 0.2) is 0 Å². The number of carbonyl (C=O) groups is 1. The Labute approximate surface area is 108 Å². The molecule has 0 aliphatic carbocycles. The summed E-state index contributed by atoms with van der Waals surface area (Å²) < 4.78 is 0. The van der Waals surface area contributed by atoms with Crippen molar-refractivity contribution in [1.82, 2.24) is 10.6 Å². The SMILES string of the molecule is Cc1cc(C#N)ccc1CNCC(=O)NC(C)C. The molecule has 4 heteroatoms. The first kappa shape index (κ1) is 14.2. The van der Waals surface area contributed by atoms with E-state index in [-0.39, 0.29) is 11.9 Å². The van der Waals surface area contributed by atoms with Crippen molar-refractivity contribution >= 4 is 5.91 Å². The van der Waals surface area contributed by atoms with Crippen LogP contribution in [0.4, 0.5) is 0 Å². The van der Waals surface area contributed by atoms with E-state index in [2.05, 4.69) is 16.7 Å². The van der Waals surface area contributed by atoms with Crippen molar-refractivity contribution in [2.24, 2.45) is 0 Å². The lowest BCUT2D eigenvalue weighted by Gasteiger charge is -2.10. The first-order chi connectivity index (χ1) is 8.52. The Balaban J connectivity index is 2.45. The molecule has 0 spiro atoms. The summed E-state index contributed by atoms with van der Waals surface area (Å²) in [5.74, 6) is -0.00343. The third-order valence-electron chi connectivity index (χ3n) is 2.52. The second kappa shape index (κ2) is 6.77. The molecule has 18 heavy (non-hydrogen) atoms. The third-order valence-corrected chi connectivity index (χ3v) is 2.52. The summed E-state index contributed by atoms with van der Waals surface area (Å²) in [4.78, 5) is 11.4. The lowest BCUT2D eigenvalue weighted by molar-refractivity contribution is -0.120. The smallest absolute Gasteiger partial charge is 0.234 e. The van der Waals surface area contributed by atoms with Crippen LogP contribution >= 0.6 is 0 Å². The fourth-order valence-corrected chi connectivity index (χ4v) is 1.65. The number of nitrogens with one attached hydrogen (secondary N) is 2. The van der Waals surface area contributed by atoms with E-state index in [0.717, 1.165) is 11.1 Å². The average Bonchev–Trinajstić information content (AvgIpc) is 2.30. The molecule has 0 saturated carbocycles. The third kappa shape index (κ3) is 4.56. The van der Waals surface area contributed by atoms with E-state index in [1.54, 1.807) is 6.07 Å². The van der Waals surface area contributed by atoms with Crippen LogP contribution in [0.15, 0.2) is 18.2 Å². The maximum atomic E-state index is 11.4. The van der Waals surface area contributed by atoms with E-state index < -0.39 is 0 Å². The number of benzene rings is 1. The predicted molar refractivity (Wildman–Crippen MR) is 70.9 cm³/mol. The molecular weight excluding hydrogens is 226 g/mol. The van der Waals surface area contributed by atoms with Gasteiger partial charge in [-0.3, -0.25) is 4.79 Å².